The first-order valence-corrected chi connectivity index (χ1v) is 14.0. The normalized spacial score (nSPS) is 14.3. The average molecular weight is 534 g/mol. The van der Waals surface area contributed by atoms with Gasteiger partial charge in [0.25, 0.3) is 0 Å². The highest BCUT2D eigenvalue weighted by Crippen LogP contribution is 2.34. The van der Waals surface area contributed by atoms with Gasteiger partial charge in [0.2, 0.25) is 21.8 Å². The van der Waals surface area contributed by atoms with E-state index < -0.39 is 28.5 Å². The van der Waals surface area contributed by atoms with E-state index in [1.165, 1.54) is 11.0 Å². The Kier molecular flexibility index (Phi) is 9.25. The van der Waals surface area contributed by atoms with Crippen molar-refractivity contribution in [2.75, 3.05) is 37.4 Å². The molecule has 0 saturated carbocycles. The molecule has 2 amide bonds. The highest BCUT2D eigenvalue weighted by atomic mass is 32.2. The number of anilines is 1. The van der Waals surface area contributed by atoms with Crippen LogP contribution in [0, 0.1) is 0 Å². The number of benzene rings is 2. The minimum Gasteiger partial charge on any atom is -0.497 e. The molecule has 202 valence electrons. The molecular weight excluding hydrogens is 498 g/mol. The Hall–Kier alpha value is -3.47. The number of rotatable bonds is 11. The van der Waals surface area contributed by atoms with Gasteiger partial charge in [-0.15, -0.1) is 0 Å². The number of carbonyl (C=O) groups is 2. The second kappa shape index (κ2) is 12.2. The van der Waals surface area contributed by atoms with E-state index in [1.807, 2.05) is 13.8 Å². The van der Waals surface area contributed by atoms with Gasteiger partial charge in [-0.05, 0) is 50.1 Å². The van der Waals surface area contributed by atoms with Gasteiger partial charge >= 0.3 is 0 Å². The molecule has 0 unspecified atom stereocenters. The summed E-state index contributed by atoms with van der Waals surface area (Å²) >= 11 is 0. The highest BCUT2D eigenvalue weighted by Gasteiger charge is 2.31. The first-order valence-electron chi connectivity index (χ1n) is 12.1. The Morgan fingerprint density at radius 2 is 1.70 bits per heavy atom. The fourth-order valence-corrected chi connectivity index (χ4v) is 4.62. The summed E-state index contributed by atoms with van der Waals surface area (Å²) in [4.78, 5) is 28.0. The van der Waals surface area contributed by atoms with Crippen LogP contribution in [0.15, 0.2) is 42.5 Å². The quantitative estimate of drug-likeness (QED) is 0.472. The third kappa shape index (κ3) is 7.28. The van der Waals surface area contributed by atoms with E-state index in [1.54, 1.807) is 50.4 Å². The summed E-state index contributed by atoms with van der Waals surface area (Å²) in [5.74, 6) is 0.725. The maximum atomic E-state index is 13.7. The zero-order valence-electron chi connectivity index (χ0n) is 21.9. The summed E-state index contributed by atoms with van der Waals surface area (Å²) in [6.07, 6.45) is 1.76. The van der Waals surface area contributed by atoms with Crippen molar-refractivity contribution in [2.45, 2.75) is 45.8 Å². The average Bonchev–Trinajstić information content (AvgIpc) is 2.89. The number of hydrogen-bond donors (Lipinski definition) is 1. The number of fused-ring (bicyclic) bond motifs is 1. The van der Waals surface area contributed by atoms with Crippen LogP contribution >= 0.6 is 0 Å². The van der Waals surface area contributed by atoms with Crippen molar-refractivity contribution in [1.82, 2.24) is 10.2 Å². The second-order valence-electron chi connectivity index (χ2n) is 8.96. The third-order valence-electron chi connectivity index (χ3n) is 6.17. The number of hydrogen-bond acceptors (Lipinski definition) is 7. The lowest BCUT2D eigenvalue weighted by atomic mass is 10.1. The van der Waals surface area contributed by atoms with E-state index in [9.17, 15) is 18.0 Å². The van der Waals surface area contributed by atoms with Crippen molar-refractivity contribution in [3.63, 3.8) is 0 Å². The molecule has 0 aromatic heterocycles. The zero-order valence-corrected chi connectivity index (χ0v) is 22.7. The molecule has 37 heavy (non-hydrogen) atoms. The monoisotopic (exact) mass is 533 g/mol. The van der Waals surface area contributed by atoms with E-state index in [0.717, 1.165) is 22.5 Å². The molecule has 0 spiro atoms. The second-order valence-corrected chi connectivity index (χ2v) is 10.9. The molecule has 2 aromatic carbocycles. The molecule has 0 aliphatic carbocycles. The van der Waals surface area contributed by atoms with Crippen molar-refractivity contribution < 1.29 is 32.2 Å². The lowest BCUT2D eigenvalue weighted by Gasteiger charge is -2.32. The maximum Gasteiger partial charge on any atom is 0.244 e. The molecule has 3 rings (SSSR count). The molecule has 10 nitrogen and oxygen atoms in total. The van der Waals surface area contributed by atoms with Crippen LogP contribution in [0.3, 0.4) is 0 Å². The summed E-state index contributed by atoms with van der Waals surface area (Å²) < 4.78 is 42.9. The van der Waals surface area contributed by atoms with E-state index >= 15 is 0 Å². The zero-order chi connectivity index (χ0) is 27.2. The summed E-state index contributed by atoms with van der Waals surface area (Å²) in [6, 6.07) is 10.9. The van der Waals surface area contributed by atoms with Crippen molar-refractivity contribution in [1.29, 1.82) is 0 Å². The van der Waals surface area contributed by atoms with Gasteiger partial charge in [-0.2, -0.15) is 0 Å². The predicted molar refractivity (Wildman–Crippen MR) is 141 cm³/mol. The number of nitrogens with zero attached hydrogens (tertiary/aromatic N) is 2. The minimum atomic E-state index is -3.85. The molecule has 2 atom stereocenters. The van der Waals surface area contributed by atoms with Gasteiger partial charge in [0.15, 0.2) is 11.5 Å². The van der Waals surface area contributed by atoms with E-state index in [4.69, 9.17) is 14.2 Å². The molecule has 2 aromatic rings. The number of ether oxygens (including phenoxy) is 3. The number of amides is 2. The predicted octanol–water partition coefficient (Wildman–Crippen LogP) is 2.56. The van der Waals surface area contributed by atoms with Gasteiger partial charge < -0.3 is 24.4 Å². The maximum absolute atomic E-state index is 13.7. The first-order chi connectivity index (χ1) is 17.5. The van der Waals surface area contributed by atoms with Crippen LogP contribution in [0.1, 0.15) is 32.8 Å². The highest BCUT2D eigenvalue weighted by molar-refractivity contribution is 7.92. The van der Waals surface area contributed by atoms with E-state index in [-0.39, 0.29) is 24.2 Å². The topological polar surface area (TPSA) is 114 Å². The Morgan fingerprint density at radius 3 is 2.30 bits per heavy atom. The van der Waals surface area contributed by atoms with Crippen molar-refractivity contribution >= 4 is 27.5 Å². The summed E-state index contributed by atoms with van der Waals surface area (Å²) in [5.41, 5.74) is 1.03. The van der Waals surface area contributed by atoms with Gasteiger partial charge in [-0.3, -0.25) is 13.9 Å². The van der Waals surface area contributed by atoms with Gasteiger partial charge in [0.05, 0.1) is 19.1 Å². The standard InChI is InChI=1S/C26H35N3O7S/c1-6-18(2)27-26(31)19(3)28(16-20-7-10-22(34-4)11-8-20)25(30)17-29(37(5,32)33)21-9-12-23-24(15-21)36-14-13-35-23/h7-12,15,18-19H,6,13-14,16-17H2,1-5H3,(H,27,31)/t18-,19-/m0/s1. The van der Waals surface area contributed by atoms with Crippen molar-refractivity contribution in [3.8, 4) is 17.2 Å². The minimum absolute atomic E-state index is 0.0712. The lowest BCUT2D eigenvalue weighted by Crippen LogP contribution is -2.52. The molecule has 0 bridgehead atoms. The molecule has 1 N–H and O–H groups in total. The van der Waals surface area contributed by atoms with Crippen LogP contribution in [0.2, 0.25) is 0 Å². The number of nitrogens with one attached hydrogen (secondary N) is 1. The Bertz CT molecular complexity index is 1200. The summed E-state index contributed by atoms with van der Waals surface area (Å²) in [6.45, 7) is 5.82. The Balaban J connectivity index is 1.91. The Morgan fingerprint density at radius 1 is 1.05 bits per heavy atom. The summed E-state index contributed by atoms with van der Waals surface area (Å²) in [7, 11) is -2.29. The van der Waals surface area contributed by atoms with Crippen molar-refractivity contribution in [2.24, 2.45) is 0 Å². The fourth-order valence-electron chi connectivity index (χ4n) is 3.78. The van der Waals surface area contributed by atoms with Gasteiger partial charge in [0.1, 0.15) is 31.5 Å². The molecule has 0 saturated heterocycles. The van der Waals surface area contributed by atoms with E-state index in [2.05, 4.69) is 5.32 Å². The van der Waals surface area contributed by atoms with Crippen LogP contribution in [-0.2, 0) is 26.2 Å². The van der Waals surface area contributed by atoms with Crippen LogP contribution in [-0.4, -0.2) is 70.3 Å². The molecular formula is C26H35N3O7S. The van der Waals surface area contributed by atoms with Gasteiger partial charge in [0, 0.05) is 18.7 Å². The number of methoxy groups -OCH3 is 1. The first kappa shape index (κ1) is 28.1. The van der Waals surface area contributed by atoms with Crippen LogP contribution in [0.25, 0.3) is 0 Å². The molecule has 0 radical (unpaired) electrons. The van der Waals surface area contributed by atoms with Crippen LogP contribution in [0.4, 0.5) is 5.69 Å². The molecule has 11 heteroatoms. The van der Waals surface area contributed by atoms with Crippen LogP contribution in [0.5, 0.6) is 17.2 Å². The summed E-state index contributed by atoms with van der Waals surface area (Å²) in [5, 5.41) is 2.90. The van der Waals surface area contributed by atoms with Crippen LogP contribution < -0.4 is 23.8 Å². The molecule has 0 fully saturated rings. The van der Waals surface area contributed by atoms with Crippen molar-refractivity contribution in [3.05, 3.63) is 48.0 Å². The number of sulfonamides is 1. The fraction of sp³-hybridized carbons (Fsp3) is 0.462. The SMILES string of the molecule is CC[C@H](C)NC(=O)[C@H](C)N(Cc1ccc(OC)cc1)C(=O)CN(c1ccc2c(c1)OCCO2)S(C)(=O)=O. The molecule has 1 aliphatic rings. The molecule has 1 aliphatic heterocycles. The van der Waals surface area contributed by atoms with E-state index in [0.29, 0.717) is 30.5 Å². The third-order valence-corrected chi connectivity index (χ3v) is 7.31. The Labute approximate surface area is 218 Å². The smallest absolute Gasteiger partial charge is 0.244 e. The lowest BCUT2D eigenvalue weighted by molar-refractivity contribution is -0.139. The molecule has 1 heterocycles. The largest absolute Gasteiger partial charge is 0.497 e. The van der Waals surface area contributed by atoms with Gasteiger partial charge in [-0.25, -0.2) is 8.42 Å². The van der Waals surface area contributed by atoms with Gasteiger partial charge in [-0.1, -0.05) is 19.1 Å². The number of carbonyl (C=O) groups excluding carboxylic acids is 2.